The second-order valence-electron chi connectivity index (χ2n) is 5.65. The molecule has 0 spiro atoms. The highest BCUT2D eigenvalue weighted by Crippen LogP contribution is 2.30. The van der Waals surface area contributed by atoms with Crippen LogP contribution in [0.25, 0.3) is 0 Å². The molecule has 1 saturated heterocycles. The molecule has 2 N–H and O–H groups in total. The van der Waals surface area contributed by atoms with Crippen LogP contribution in [-0.4, -0.2) is 44.9 Å². The molecule has 1 amide bonds. The number of aryl methyl sites for hydroxylation is 1. The molecular weight excluding hydrogens is 325 g/mol. The van der Waals surface area contributed by atoms with Crippen LogP contribution in [-0.2, 0) is 11.2 Å². The van der Waals surface area contributed by atoms with E-state index in [1.807, 2.05) is 0 Å². The molecule has 2 rings (SSSR count). The van der Waals surface area contributed by atoms with Gasteiger partial charge in [0.05, 0.1) is 7.11 Å². The van der Waals surface area contributed by atoms with E-state index in [-0.39, 0.29) is 23.4 Å². The van der Waals surface area contributed by atoms with Gasteiger partial charge in [0.1, 0.15) is 0 Å². The first-order chi connectivity index (χ1) is 11.4. The first kappa shape index (κ1) is 18.4. The van der Waals surface area contributed by atoms with E-state index in [1.54, 1.807) is 12.1 Å². The Morgan fingerprint density at radius 3 is 2.79 bits per heavy atom. The van der Waals surface area contributed by atoms with Crippen molar-refractivity contribution in [3.05, 3.63) is 23.8 Å². The first-order valence-corrected chi connectivity index (χ1v) is 7.74. The number of nitrogens with one attached hydrogen (secondary N) is 2. The summed E-state index contributed by atoms with van der Waals surface area (Å²) in [6.45, 7) is 0.312. The summed E-state index contributed by atoms with van der Waals surface area (Å²) in [6.07, 6.45) is -2.70. The molecule has 5 nitrogen and oxygen atoms in total. The lowest BCUT2D eigenvalue weighted by molar-refractivity contribution is -0.153. The number of rotatable bonds is 7. The molecule has 1 aromatic carbocycles. The van der Waals surface area contributed by atoms with Crippen molar-refractivity contribution in [2.45, 2.75) is 31.5 Å². The third kappa shape index (κ3) is 5.92. The first-order valence-electron chi connectivity index (χ1n) is 7.74. The molecule has 0 bridgehead atoms. The molecule has 0 aromatic heterocycles. The number of ether oxygens (including phenoxy) is 2. The number of methoxy groups -OCH3 is 1. The molecule has 0 radical (unpaired) electrons. The van der Waals surface area contributed by atoms with Crippen molar-refractivity contribution in [2.75, 3.05) is 26.8 Å². The molecule has 24 heavy (non-hydrogen) atoms. The molecule has 0 saturated carbocycles. The molecule has 134 valence electrons. The molecule has 1 unspecified atom stereocenters. The number of amides is 1. The van der Waals surface area contributed by atoms with E-state index >= 15 is 0 Å². The minimum atomic E-state index is -4.41. The van der Waals surface area contributed by atoms with Crippen LogP contribution >= 0.6 is 0 Å². The van der Waals surface area contributed by atoms with Crippen molar-refractivity contribution in [2.24, 2.45) is 0 Å². The zero-order valence-electron chi connectivity index (χ0n) is 13.4. The third-order valence-electron chi connectivity index (χ3n) is 3.69. The van der Waals surface area contributed by atoms with Gasteiger partial charge in [-0.3, -0.25) is 4.79 Å². The Bertz CT molecular complexity index is 558. The van der Waals surface area contributed by atoms with Crippen LogP contribution in [0.4, 0.5) is 13.2 Å². The molecule has 1 aromatic rings. The Balaban J connectivity index is 1.87. The van der Waals surface area contributed by atoms with E-state index < -0.39 is 12.8 Å². The zero-order valence-corrected chi connectivity index (χ0v) is 13.4. The predicted octanol–water partition coefficient (Wildman–Crippen LogP) is 2.05. The summed E-state index contributed by atoms with van der Waals surface area (Å²) in [5, 5.41) is 6.11. The third-order valence-corrected chi connectivity index (χ3v) is 3.69. The standard InChI is InChI=1S/C16H21F3N2O3/c1-23-14-8-11(2-4-13(14)24-10-16(17,18)19)3-5-15(22)21-12-6-7-20-9-12/h2,4,8,12,20H,3,5-7,9-10H2,1H3,(H,21,22). The summed E-state index contributed by atoms with van der Waals surface area (Å²) in [4.78, 5) is 11.9. The summed E-state index contributed by atoms with van der Waals surface area (Å²) >= 11 is 0. The van der Waals surface area contributed by atoms with Gasteiger partial charge in [-0.2, -0.15) is 13.2 Å². The van der Waals surface area contributed by atoms with Crippen molar-refractivity contribution in [3.8, 4) is 11.5 Å². The number of halogens is 3. The molecule has 1 aliphatic rings. The lowest BCUT2D eigenvalue weighted by Crippen LogP contribution is -2.36. The molecular formula is C16H21F3N2O3. The average molecular weight is 346 g/mol. The summed E-state index contributed by atoms with van der Waals surface area (Å²) in [5.41, 5.74) is 0.797. The Labute approximate surface area is 138 Å². The van der Waals surface area contributed by atoms with Crippen LogP contribution in [0.3, 0.4) is 0 Å². The minimum Gasteiger partial charge on any atom is -0.493 e. The van der Waals surface area contributed by atoms with E-state index in [4.69, 9.17) is 9.47 Å². The fourth-order valence-corrected chi connectivity index (χ4v) is 2.48. The zero-order chi connectivity index (χ0) is 17.6. The van der Waals surface area contributed by atoms with Gasteiger partial charge in [0, 0.05) is 19.0 Å². The molecule has 8 heteroatoms. The number of carbonyl (C=O) groups is 1. The summed E-state index contributed by atoms with van der Waals surface area (Å²) < 4.78 is 46.4. The lowest BCUT2D eigenvalue weighted by Gasteiger charge is -2.14. The normalized spacial score (nSPS) is 17.6. The van der Waals surface area contributed by atoms with Crippen molar-refractivity contribution in [3.63, 3.8) is 0 Å². The largest absolute Gasteiger partial charge is 0.493 e. The molecule has 1 aliphatic heterocycles. The van der Waals surface area contributed by atoms with E-state index in [9.17, 15) is 18.0 Å². The topological polar surface area (TPSA) is 59.6 Å². The van der Waals surface area contributed by atoms with Crippen molar-refractivity contribution >= 4 is 5.91 Å². The maximum atomic E-state index is 12.2. The summed E-state index contributed by atoms with van der Waals surface area (Å²) in [7, 11) is 1.36. The maximum Gasteiger partial charge on any atom is 0.422 e. The Morgan fingerprint density at radius 1 is 1.38 bits per heavy atom. The lowest BCUT2D eigenvalue weighted by atomic mass is 10.1. The number of carbonyl (C=O) groups excluding carboxylic acids is 1. The molecule has 1 heterocycles. The second-order valence-corrected chi connectivity index (χ2v) is 5.65. The molecule has 1 fully saturated rings. The molecule has 1 atom stereocenters. The number of hydrogen-bond acceptors (Lipinski definition) is 4. The van der Waals surface area contributed by atoms with Crippen LogP contribution in [0.1, 0.15) is 18.4 Å². The van der Waals surface area contributed by atoms with Gasteiger partial charge in [-0.1, -0.05) is 6.07 Å². The van der Waals surface area contributed by atoms with Gasteiger partial charge in [0.2, 0.25) is 5.91 Å². The predicted molar refractivity (Wildman–Crippen MR) is 82.3 cm³/mol. The second kappa shape index (κ2) is 8.23. The van der Waals surface area contributed by atoms with Crippen LogP contribution < -0.4 is 20.1 Å². The van der Waals surface area contributed by atoms with Crippen molar-refractivity contribution in [1.29, 1.82) is 0 Å². The van der Waals surface area contributed by atoms with Gasteiger partial charge in [0.15, 0.2) is 18.1 Å². The monoisotopic (exact) mass is 346 g/mol. The van der Waals surface area contributed by atoms with Crippen LogP contribution in [0.5, 0.6) is 11.5 Å². The Hall–Kier alpha value is -1.96. The average Bonchev–Trinajstić information content (AvgIpc) is 3.03. The quantitative estimate of drug-likeness (QED) is 0.793. The van der Waals surface area contributed by atoms with Crippen LogP contribution in [0, 0.1) is 0 Å². The van der Waals surface area contributed by atoms with E-state index in [0.29, 0.717) is 12.8 Å². The van der Waals surface area contributed by atoms with Crippen LogP contribution in [0.15, 0.2) is 18.2 Å². The fourth-order valence-electron chi connectivity index (χ4n) is 2.48. The highest BCUT2D eigenvalue weighted by Gasteiger charge is 2.29. The Kier molecular flexibility index (Phi) is 6.30. The van der Waals surface area contributed by atoms with Gasteiger partial charge >= 0.3 is 6.18 Å². The highest BCUT2D eigenvalue weighted by molar-refractivity contribution is 5.76. The van der Waals surface area contributed by atoms with Gasteiger partial charge in [-0.25, -0.2) is 0 Å². The highest BCUT2D eigenvalue weighted by atomic mass is 19.4. The van der Waals surface area contributed by atoms with Gasteiger partial charge in [0.25, 0.3) is 0 Å². The van der Waals surface area contributed by atoms with E-state index in [1.165, 1.54) is 13.2 Å². The van der Waals surface area contributed by atoms with E-state index in [2.05, 4.69) is 10.6 Å². The summed E-state index contributed by atoms with van der Waals surface area (Å²) in [5.74, 6) is 0.206. The maximum absolute atomic E-state index is 12.2. The van der Waals surface area contributed by atoms with Crippen molar-refractivity contribution in [1.82, 2.24) is 10.6 Å². The fraction of sp³-hybridized carbons (Fsp3) is 0.562. The number of benzene rings is 1. The van der Waals surface area contributed by atoms with Gasteiger partial charge in [-0.05, 0) is 37.1 Å². The van der Waals surface area contributed by atoms with Gasteiger partial charge in [-0.15, -0.1) is 0 Å². The smallest absolute Gasteiger partial charge is 0.422 e. The van der Waals surface area contributed by atoms with Gasteiger partial charge < -0.3 is 20.1 Å². The van der Waals surface area contributed by atoms with Crippen molar-refractivity contribution < 1.29 is 27.4 Å². The molecule has 0 aliphatic carbocycles. The number of alkyl halides is 3. The SMILES string of the molecule is COc1cc(CCC(=O)NC2CCNC2)ccc1OCC(F)(F)F. The summed E-state index contributed by atoms with van der Waals surface area (Å²) in [6, 6.07) is 4.83. The van der Waals surface area contributed by atoms with Crippen LogP contribution in [0.2, 0.25) is 0 Å². The number of hydrogen-bond donors (Lipinski definition) is 2. The Morgan fingerprint density at radius 2 is 2.17 bits per heavy atom. The minimum absolute atomic E-state index is 0.0278. The van der Waals surface area contributed by atoms with E-state index in [0.717, 1.165) is 25.1 Å².